The summed E-state index contributed by atoms with van der Waals surface area (Å²) in [6.07, 6.45) is 2.41. The molecule has 0 aromatic heterocycles. The smallest absolute Gasteiger partial charge is 0.122 e. The summed E-state index contributed by atoms with van der Waals surface area (Å²) in [4.78, 5) is 2.61. The van der Waals surface area contributed by atoms with E-state index in [1.165, 1.54) is 30.6 Å². The van der Waals surface area contributed by atoms with Crippen LogP contribution in [0.25, 0.3) is 0 Å². The highest BCUT2D eigenvalue weighted by atomic mass is 35.5. The van der Waals surface area contributed by atoms with Gasteiger partial charge in [-0.25, -0.2) is 0 Å². The lowest BCUT2D eigenvalue weighted by atomic mass is 9.88. The summed E-state index contributed by atoms with van der Waals surface area (Å²) < 4.78 is 5.47. The summed E-state index contributed by atoms with van der Waals surface area (Å²) in [6, 6.07) is 6.44. The predicted molar refractivity (Wildman–Crippen MR) is 84.8 cm³/mol. The van der Waals surface area contributed by atoms with Crippen molar-refractivity contribution in [3.63, 3.8) is 0 Å². The van der Waals surface area contributed by atoms with Gasteiger partial charge in [0.1, 0.15) is 5.75 Å². The van der Waals surface area contributed by atoms with Gasteiger partial charge in [0.2, 0.25) is 0 Å². The van der Waals surface area contributed by atoms with E-state index in [0.29, 0.717) is 5.41 Å². The highest BCUT2D eigenvalue weighted by Gasteiger charge is 2.32. The summed E-state index contributed by atoms with van der Waals surface area (Å²) in [5, 5.41) is 3.49. The maximum absolute atomic E-state index is 5.47. The first-order valence-corrected chi connectivity index (χ1v) is 7.28. The normalized spacial score (nSPS) is 25.9. The number of hydrogen-bond acceptors (Lipinski definition) is 3. The van der Waals surface area contributed by atoms with E-state index in [-0.39, 0.29) is 12.4 Å². The minimum atomic E-state index is 0. The Hall–Kier alpha value is -0.770. The number of fused-ring (bicyclic) bond motifs is 1. The molecule has 3 nitrogen and oxygen atoms in total. The highest BCUT2D eigenvalue weighted by Crippen LogP contribution is 2.31. The van der Waals surface area contributed by atoms with Crippen molar-refractivity contribution in [1.29, 1.82) is 0 Å². The summed E-state index contributed by atoms with van der Waals surface area (Å²) >= 11 is 0. The Kier molecular flexibility index (Phi) is 4.95. The number of ether oxygens (including phenoxy) is 1. The number of rotatable bonds is 3. The van der Waals surface area contributed by atoms with Gasteiger partial charge in [0.25, 0.3) is 0 Å². The van der Waals surface area contributed by atoms with Crippen molar-refractivity contribution in [2.24, 2.45) is 5.41 Å². The van der Waals surface area contributed by atoms with Gasteiger partial charge in [-0.1, -0.05) is 19.1 Å². The molecular formula is C16H25ClN2O. The van der Waals surface area contributed by atoms with Gasteiger partial charge < -0.3 is 10.1 Å². The second-order valence-corrected chi connectivity index (χ2v) is 6.30. The predicted octanol–water partition coefficient (Wildman–Crippen LogP) is 2.47. The molecular weight excluding hydrogens is 272 g/mol. The van der Waals surface area contributed by atoms with Crippen LogP contribution in [0.4, 0.5) is 0 Å². The van der Waals surface area contributed by atoms with Gasteiger partial charge in [0.05, 0.1) is 7.11 Å². The van der Waals surface area contributed by atoms with E-state index in [1.54, 1.807) is 7.11 Å². The molecule has 112 valence electrons. The van der Waals surface area contributed by atoms with Crippen LogP contribution in [0.2, 0.25) is 0 Å². The molecule has 4 heteroatoms. The minimum Gasteiger partial charge on any atom is -0.496 e. The molecule has 1 atom stereocenters. The molecule has 0 aliphatic carbocycles. The fourth-order valence-corrected chi connectivity index (χ4v) is 3.50. The molecule has 20 heavy (non-hydrogen) atoms. The molecule has 1 fully saturated rings. The Labute approximate surface area is 128 Å². The van der Waals surface area contributed by atoms with Crippen LogP contribution in [0.3, 0.4) is 0 Å². The van der Waals surface area contributed by atoms with E-state index in [9.17, 15) is 0 Å². The third-order valence-electron chi connectivity index (χ3n) is 4.58. The second kappa shape index (κ2) is 6.33. The van der Waals surface area contributed by atoms with E-state index in [1.807, 2.05) is 0 Å². The van der Waals surface area contributed by atoms with Gasteiger partial charge in [-0.3, -0.25) is 4.90 Å². The summed E-state index contributed by atoms with van der Waals surface area (Å²) in [5.41, 5.74) is 3.31. The number of methoxy groups -OCH3 is 1. The van der Waals surface area contributed by atoms with Crippen molar-refractivity contribution >= 4 is 12.4 Å². The molecule has 0 radical (unpaired) electrons. The van der Waals surface area contributed by atoms with E-state index in [0.717, 1.165) is 31.8 Å². The zero-order chi connectivity index (χ0) is 13.3. The molecule has 2 aliphatic heterocycles. The molecule has 1 aromatic carbocycles. The Bertz CT molecular complexity index is 458. The number of nitrogens with one attached hydrogen (secondary N) is 1. The van der Waals surface area contributed by atoms with Crippen molar-refractivity contribution in [3.05, 3.63) is 29.3 Å². The molecule has 1 saturated heterocycles. The fourth-order valence-electron chi connectivity index (χ4n) is 3.50. The molecule has 2 aliphatic rings. The largest absolute Gasteiger partial charge is 0.496 e. The molecule has 0 spiro atoms. The lowest BCUT2D eigenvalue weighted by molar-refractivity contribution is 0.163. The number of hydrogen-bond donors (Lipinski definition) is 1. The maximum atomic E-state index is 5.47. The molecule has 1 aromatic rings. The number of halogens is 1. The third-order valence-corrected chi connectivity index (χ3v) is 4.58. The van der Waals surface area contributed by atoms with Crippen molar-refractivity contribution in [2.45, 2.75) is 26.3 Å². The topological polar surface area (TPSA) is 24.5 Å². The minimum absolute atomic E-state index is 0. The van der Waals surface area contributed by atoms with E-state index in [4.69, 9.17) is 4.74 Å². The van der Waals surface area contributed by atoms with Gasteiger partial charge in [0.15, 0.2) is 0 Å². The second-order valence-electron chi connectivity index (χ2n) is 6.30. The Morgan fingerprint density at radius 3 is 2.95 bits per heavy atom. The number of benzene rings is 1. The van der Waals surface area contributed by atoms with Crippen LogP contribution >= 0.6 is 12.4 Å². The molecule has 1 N–H and O–H groups in total. The maximum Gasteiger partial charge on any atom is 0.122 e. The van der Waals surface area contributed by atoms with Crippen LogP contribution in [0.5, 0.6) is 5.75 Å². The van der Waals surface area contributed by atoms with Crippen LogP contribution < -0.4 is 10.1 Å². The average molecular weight is 297 g/mol. The van der Waals surface area contributed by atoms with E-state index >= 15 is 0 Å². The Morgan fingerprint density at radius 2 is 2.25 bits per heavy atom. The van der Waals surface area contributed by atoms with Crippen LogP contribution in [-0.2, 0) is 13.0 Å². The molecule has 3 rings (SSSR count). The zero-order valence-electron chi connectivity index (χ0n) is 12.4. The molecule has 0 amide bonds. The molecule has 2 heterocycles. The first-order valence-electron chi connectivity index (χ1n) is 7.28. The summed E-state index contributed by atoms with van der Waals surface area (Å²) in [7, 11) is 1.77. The van der Waals surface area contributed by atoms with Crippen molar-refractivity contribution < 1.29 is 4.74 Å². The summed E-state index contributed by atoms with van der Waals surface area (Å²) in [5.74, 6) is 1.06. The van der Waals surface area contributed by atoms with Gasteiger partial charge in [0, 0.05) is 26.2 Å². The van der Waals surface area contributed by atoms with E-state index < -0.39 is 0 Å². The molecule has 0 bridgehead atoms. The monoisotopic (exact) mass is 296 g/mol. The van der Waals surface area contributed by atoms with Gasteiger partial charge in [-0.15, -0.1) is 12.4 Å². The molecule has 0 saturated carbocycles. The molecule has 1 unspecified atom stereocenters. The first-order chi connectivity index (χ1) is 9.20. The van der Waals surface area contributed by atoms with Gasteiger partial charge in [-0.05, 0) is 42.0 Å². The highest BCUT2D eigenvalue weighted by molar-refractivity contribution is 5.85. The fraction of sp³-hybridized carbons (Fsp3) is 0.625. The van der Waals surface area contributed by atoms with Crippen molar-refractivity contribution in [3.8, 4) is 5.75 Å². The van der Waals surface area contributed by atoms with E-state index in [2.05, 4.69) is 35.3 Å². The average Bonchev–Trinajstić information content (AvgIpc) is 2.84. The van der Waals surface area contributed by atoms with Crippen LogP contribution in [0, 0.1) is 5.41 Å². The van der Waals surface area contributed by atoms with Crippen molar-refractivity contribution in [1.82, 2.24) is 10.2 Å². The van der Waals surface area contributed by atoms with Crippen LogP contribution in [0.1, 0.15) is 24.5 Å². The lowest BCUT2D eigenvalue weighted by Gasteiger charge is -2.35. The summed E-state index contributed by atoms with van der Waals surface area (Å²) in [6.45, 7) is 8.18. The standard InChI is InChI=1S/C16H24N2O.ClH/c1-16(7-8-17-11-16)12-18-9-6-14-13(10-18)4-3-5-15(14)19-2;/h3-5,17H,6-12H2,1-2H3;1H. The van der Waals surface area contributed by atoms with Gasteiger partial charge in [-0.2, -0.15) is 0 Å². The van der Waals surface area contributed by atoms with Gasteiger partial charge >= 0.3 is 0 Å². The van der Waals surface area contributed by atoms with Crippen LogP contribution in [0.15, 0.2) is 18.2 Å². The Balaban J connectivity index is 0.00000147. The first kappa shape index (κ1) is 15.6. The quantitative estimate of drug-likeness (QED) is 0.927. The van der Waals surface area contributed by atoms with Crippen LogP contribution in [-0.4, -0.2) is 38.2 Å². The Morgan fingerprint density at radius 1 is 1.40 bits per heavy atom. The third kappa shape index (κ3) is 3.11. The SMILES string of the molecule is COc1cccc2c1CCN(CC1(C)CCNC1)C2.Cl. The number of nitrogens with zero attached hydrogens (tertiary/aromatic N) is 1. The van der Waals surface area contributed by atoms with Crippen molar-refractivity contribution in [2.75, 3.05) is 33.3 Å². The lowest BCUT2D eigenvalue weighted by Crippen LogP contribution is -2.40. The zero-order valence-corrected chi connectivity index (χ0v) is 13.3.